The maximum absolute atomic E-state index is 5.90. The smallest absolute Gasteiger partial charge is 0.0727 e. The van der Waals surface area contributed by atoms with E-state index in [-0.39, 0.29) is 0 Å². The molecule has 0 bridgehead atoms. The summed E-state index contributed by atoms with van der Waals surface area (Å²) in [4.78, 5) is 7.07. The Morgan fingerprint density at radius 2 is 2.05 bits per heavy atom. The lowest BCUT2D eigenvalue weighted by atomic mass is 10.1. The van der Waals surface area contributed by atoms with E-state index >= 15 is 0 Å². The third-order valence-corrected chi connectivity index (χ3v) is 3.90. The Kier molecular flexibility index (Phi) is 3.74. The van der Waals surface area contributed by atoms with Gasteiger partial charge >= 0.3 is 0 Å². The normalized spacial score (nSPS) is 15.8. The van der Waals surface area contributed by atoms with Crippen LogP contribution in [0.4, 0.5) is 11.4 Å². The predicted molar refractivity (Wildman–Crippen MR) is 85.1 cm³/mol. The molecule has 1 fully saturated rings. The van der Waals surface area contributed by atoms with E-state index in [1.807, 2.05) is 25.1 Å². The second-order valence-corrected chi connectivity index (χ2v) is 5.56. The van der Waals surface area contributed by atoms with Crippen molar-refractivity contribution in [3.8, 4) is 0 Å². The number of aromatic nitrogens is 1. The topological polar surface area (TPSA) is 54.2 Å². The number of nitrogens with two attached hydrogens (primary N) is 1. The SMILES string of the molecule is Cc1cc(NCCN2CCCC2)c2cc(N)ccc2n1. The van der Waals surface area contributed by atoms with Crippen LogP contribution in [-0.2, 0) is 0 Å². The number of rotatable bonds is 4. The predicted octanol–water partition coefficient (Wildman–Crippen LogP) is 2.63. The van der Waals surface area contributed by atoms with Crippen molar-refractivity contribution in [1.29, 1.82) is 0 Å². The van der Waals surface area contributed by atoms with Crippen LogP contribution in [0.2, 0.25) is 0 Å². The van der Waals surface area contributed by atoms with Gasteiger partial charge in [-0.2, -0.15) is 0 Å². The van der Waals surface area contributed by atoms with Crippen LogP contribution >= 0.6 is 0 Å². The lowest BCUT2D eigenvalue weighted by Crippen LogP contribution is -2.26. The Labute approximate surface area is 120 Å². The molecule has 1 aromatic heterocycles. The fourth-order valence-corrected chi connectivity index (χ4v) is 2.88. The van der Waals surface area contributed by atoms with E-state index in [1.165, 1.54) is 25.9 Å². The number of aryl methyl sites for hydroxylation is 1. The van der Waals surface area contributed by atoms with Crippen LogP contribution in [0.5, 0.6) is 0 Å². The summed E-state index contributed by atoms with van der Waals surface area (Å²) >= 11 is 0. The Bertz CT molecular complexity index is 603. The average molecular weight is 270 g/mol. The first-order valence-corrected chi connectivity index (χ1v) is 7.35. The standard InChI is InChI=1S/C16H22N4/c1-12-10-16(18-6-9-20-7-2-3-8-20)14-11-13(17)4-5-15(14)19-12/h4-5,10-11H,2-3,6-9,17H2,1H3,(H,18,19). The molecule has 106 valence electrons. The molecule has 3 rings (SSSR count). The van der Waals surface area contributed by atoms with Crippen molar-refractivity contribution in [1.82, 2.24) is 9.88 Å². The van der Waals surface area contributed by atoms with Gasteiger partial charge in [-0.15, -0.1) is 0 Å². The molecule has 2 aromatic rings. The zero-order chi connectivity index (χ0) is 13.9. The van der Waals surface area contributed by atoms with Crippen LogP contribution in [0, 0.1) is 6.92 Å². The summed E-state index contributed by atoms with van der Waals surface area (Å²) in [6.07, 6.45) is 2.68. The number of hydrogen-bond donors (Lipinski definition) is 2. The molecular weight excluding hydrogens is 248 g/mol. The minimum Gasteiger partial charge on any atom is -0.399 e. The molecule has 1 aliphatic heterocycles. The molecule has 0 saturated carbocycles. The Morgan fingerprint density at radius 3 is 2.85 bits per heavy atom. The highest BCUT2D eigenvalue weighted by atomic mass is 15.1. The fourth-order valence-electron chi connectivity index (χ4n) is 2.88. The van der Waals surface area contributed by atoms with E-state index in [2.05, 4.69) is 21.3 Å². The van der Waals surface area contributed by atoms with Crippen molar-refractivity contribution >= 4 is 22.3 Å². The maximum atomic E-state index is 5.90. The van der Waals surface area contributed by atoms with Crippen molar-refractivity contribution in [2.24, 2.45) is 0 Å². The minimum atomic E-state index is 0.783. The molecule has 3 N–H and O–H groups in total. The molecule has 0 atom stereocenters. The number of nitrogens with zero attached hydrogens (tertiary/aromatic N) is 2. The zero-order valence-electron chi connectivity index (χ0n) is 12.0. The molecule has 0 aliphatic carbocycles. The molecule has 1 aromatic carbocycles. The molecule has 20 heavy (non-hydrogen) atoms. The number of nitrogen functional groups attached to an aromatic ring is 1. The van der Waals surface area contributed by atoms with Crippen LogP contribution in [-0.4, -0.2) is 36.1 Å². The van der Waals surface area contributed by atoms with E-state index in [9.17, 15) is 0 Å². The Hall–Kier alpha value is -1.81. The number of benzene rings is 1. The lowest BCUT2D eigenvalue weighted by Gasteiger charge is -2.16. The largest absolute Gasteiger partial charge is 0.399 e. The molecule has 0 spiro atoms. The third kappa shape index (κ3) is 2.85. The molecule has 4 heteroatoms. The van der Waals surface area contributed by atoms with Crippen molar-refractivity contribution in [3.05, 3.63) is 30.0 Å². The monoisotopic (exact) mass is 270 g/mol. The molecule has 0 unspecified atom stereocenters. The van der Waals surface area contributed by atoms with Crippen LogP contribution in [0.3, 0.4) is 0 Å². The second-order valence-electron chi connectivity index (χ2n) is 5.56. The van der Waals surface area contributed by atoms with Gasteiger partial charge in [-0.3, -0.25) is 4.98 Å². The highest BCUT2D eigenvalue weighted by Crippen LogP contribution is 2.25. The van der Waals surface area contributed by atoms with Crippen molar-refractivity contribution in [2.45, 2.75) is 19.8 Å². The first-order chi connectivity index (χ1) is 9.72. The number of hydrogen-bond acceptors (Lipinski definition) is 4. The molecule has 4 nitrogen and oxygen atoms in total. The van der Waals surface area contributed by atoms with Gasteiger partial charge in [-0.05, 0) is 57.1 Å². The summed E-state index contributed by atoms with van der Waals surface area (Å²) in [6, 6.07) is 8.00. The first-order valence-electron chi connectivity index (χ1n) is 7.35. The summed E-state index contributed by atoms with van der Waals surface area (Å²) in [5, 5.41) is 4.65. The van der Waals surface area contributed by atoms with Crippen LogP contribution < -0.4 is 11.1 Å². The summed E-state index contributed by atoms with van der Waals surface area (Å²) in [7, 11) is 0. The Morgan fingerprint density at radius 1 is 1.25 bits per heavy atom. The molecule has 2 heterocycles. The number of anilines is 2. The van der Waals surface area contributed by atoms with Crippen molar-refractivity contribution in [2.75, 3.05) is 37.2 Å². The lowest BCUT2D eigenvalue weighted by molar-refractivity contribution is 0.353. The zero-order valence-corrected chi connectivity index (χ0v) is 12.0. The van der Waals surface area contributed by atoms with Gasteiger partial charge in [0.15, 0.2) is 0 Å². The number of pyridine rings is 1. The van der Waals surface area contributed by atoms with Gasteiger partial charge in [-0.25, -0.2) is 0 Å². The fraction of sp³-hybridized carbons (Fsp3) is 0.438. The maximum Gasteiger partial charge on any atom is 0.0727 e. The van der Waals surface area contributed by atoms with Gasteiger partial charge in [0.1, 0.15) is 0 Å². The van der Waals surface area contributed by atoms with Gasteiger partial charge in [0, 0.05) is 35.5 Å². The van der Waals surface area contributed by atoms with Gasteiger partial charge in [0.25, 0.3) is 0 Å². The molecule has 1 aliphatic rings. The number of likely N-dealkylation sites (tertiary alicyclic amines) is 1. The summed E-state index contributed by atoms with van der Waals surface area (Å²) in [5.74, 6) is 0. The van der Waals surface area contributed by atoms with E-state index in [4.69, 9.17) is 5.73 Å². The number of fused-ring (bicyclic) bond motifs is 1. The highest BCUT2D eigenvalue weighted by Gasteiger charge is 2.11. The van der Waals surface area contributed by atoms with Crippen molar-refractivity contribution in [3.63, 3.8) is 0 Å². The van der Waals surface area contributed by atoms with Gasteiger partial charge < -0.3 is 16.0 Å². The van der Waals surface area contributed by atoms with E-state index < -0.39 is 0 Å². The minimum absolute atomic E-state index is 0.783. The van der Waals surface area contributed by atoms with Crippen LogP contribution in [0.15, 0.2) is 24.3 Å². The Balaban J connectivity index is 1.77. The summed E-state index contributed by atoms with van der Waals surface area (Å²) < 4.78 is 0. The van der Waals surface area contributed by atoms with Gasteiger partial charge in [-0.1, -0.05) is 0 Å². The summed E-state index contributed by atoms with van der Waals surface area (Å²) in [5.41, 5.74) is 9.85. The van der Waals surface area contributed by atoms with Crippen LogP contribution in [0.1, 0.15) is 18.5 Å². The highest BCUT2D eigenvalue weighted by molar-refractivity contribution is 5.93. The van der Waals surface area contributed by atoms with Crippen LogP contribution in [0.25, 0.3) is 10.9 Å². The number of nitrogens with one attached hydrogen (secondary N) is 1. The van der Waals surface area contributed by atoms with E-state index in [0.717, 1.165) is 41.1 Å². The molecule has 0 radical (unpaired) electrons. The molecule has 1 saturated heterocycles. The van der Waals surface area contributed by atoms with E-state index in [1.54, 1.807) is 0 Å². The van der Waals surface area contributed by atoms with Crippen molar-refractivity contribution < 1.29 is 0 Å². The second kappa shape index (κ2) is 5.67. The quantitative estimate of drug-likeness (QED) is 0.839. The average Bonchev–Trinajstić information content (AvgIpc) is 2.92. The van der Waals surface area contributed by atoms with Gasteiger partial charge in [0.2, 0.25) is 0 Å². The van der Waals surface area contributed by atoms with E-state index in [0.29, 0.717) is 0 Å². The molecular formula is C16H22N4. The first kappa shape index (κ1) is 13.2. The molecule has 0 amide bonds. The third-order valence-electron chi connectivity index (χ3n) is 3.90. The summed E-state index contributed by atoms with van der Waals surface area (Å²) in [6.45, 7) is 6.58. The van der Waals surface area contributed by atoms with Gasteiger partial charge in [0.05, 0.1) is 5.52 Å².